The molecule has 0 aliphatic heterocycles. The van der Waals surface area contributed by atoms with Gasteiger partial charge in [0.15, 0.2) is 0 Å². The molecule has 0 radical (unpaired) electrons. The number of nitrogens with zero attached hydrogens (tertiary/aromatic N) is 1. The normalized spacial score (nSPS) is 31.5. The third-order valence-electron chi connectivity index (χ3n) is 6.03. The number of amides is 2. The summed E-state index contributed by atoms with van der Waals surface area (Å²) in [5.41, 5.74) is -0.409. The fourth-order valence-corrected chi connectivity index (χ4v) is 5.63. The minimum Gasteiger partial charge on any atom is -0.342 e. The van der Waals surface area contributed by atoms with Gasteiger partial charge >= 0.3 is 11.8 Å². The Labute approximate surface area is 155 Å². The second-order valence-corrected chi connectivity index (χ2v) is 8.43. The number of halogens is 1. The van der Waals surface area contributed by atoms with Gasteiger partial charge in [0.1, 0.15) is 0 Å². The van der Waals surface area contributed by atoms with Crippen LogP contribution in [0.15, 0.2) is 18.2 Å². The average Bonchev–Trinajstić information content (AvgIpc) is 2.54. The Kier molecular flexibility index (Phi) is 4.14. The Morgan fingerprint density at radius 2 is 1.65 bits per heavy atom. The molecule has 0 heterocycles. The summed E-state index contributed by atoms with van der Waals surface area (Å²) in [4.78, 5) is 35.1. The number of nitrogens with one attached hydrogen (secondary N) is 2. The van der Waals surface area contributed by atoms with Crippen molar-refractivity contribution in [1.29, 1.82) is 0 Å². The fourth-order valence-electron chi connectivity index (χ4n) is 5.46. The van der Waals surface area contributed by atoms with Crippen LogP contribution in [-0.4, -0.2) is 22.3 Å². The van der Waals surface area contributed by atoms with Crippen LogP contribution in [-0.2, 0) is 9.59 Å². The van der Waals surface area contributed by atoms with Gasteiger partial charge in [-0.1, -0.05) is 11.6 Å². The van der Waals surface area contributed by atoms with Crippen LogP contribution in [0.4, 0.5) is 11.4 Å². The zero-order valence-corrected chi connectivity index (χ0v) is 14.9. The Bertz CT molecular complexity index is 759. The largest absolute Gasteiger partial charge is 0.342 e. The minimum absolute atomic E-state index is 0.0616. The third-order valence-corrected chi connectivity index (χ3v) is 6.36. The van der Waals surface area contributed by atoms with Crippen LogP contribution in [0.3, 0.4) is 0 Å². The summed E-state index contributed by atoms with van der Waals surface area (Å²) in [5.74, 6) is 0.403. The van der Waals surface area contributed by atoms with Crippen LogP contribution in [0.1, 0.15) is 38.5 Å². The van der Waals surface area contributed by atoms with E-state index in [1.54, 1.807) is 0 Å². The lowest BCUT2D eigenvalue weighted by molar-refractivity contribution is -0.384. The smallest absolute Gasteiger partial charge is 0.313 e. The van der Waals surface area contributed by atoms with Gasteiger partial charge < -0.3 is 10.6 Å². The summed E-state index contributed by atoms with van der Waals surface area (Å²) in [7, 11) is 0. The van der Waals surface area contributed by atoms with Crippen molar-refractivity contribution >= 4 is 34.8 Å². The molecule has 0 unspecified atom stereocenters. The maximum absolute atomic E-state index is 12.5. The maximum atomic E-state index is 12.5. The maximum Gasteiger partial charge on any atom is 0.313 e. The fraction of sp³-hybridized carbons (Fsp3) is 0.556. The summed E-state index contributed by atoms with van der Waals surface area (Å²) in [5, 5.41) is 16.4. The second-order valence-electron chi connectivity index (χ2n) is 8.03. The van der Waals surface area contributed by atoms with Crippen molar-refractivity contribution in [2.75, 3.05) is 5.32 Å². The lowest BCUT2D eigenvalue weighted by atomic mass is 9.53. The van der Waals surface area contributed by atoms with Gasteiger partial charge in [-0.2, -0.15) is 0 Å². The molecule has 4 aliphatic carbocycles. The van der Waals surface area contributed by atoms with E-state index in [1.807, 2.05) is 0 Å². The van der Waals surface area contributed by atoms with Gasteiger partial charge in [0.2, 0.25) is 0 Å². The van der Waals surface area contributed by atoms with Crippen molar-refractivity contribution in [3.05, 3.63) is 33.3 Å². The predicted octanol–water partition coefficient (Wildman–Crippen LogP) is 3.27. The number of rotatable bonds is 3. The molecule has 0 aromatic heterocycles. The molecule has 5 rings (SSSR count). The SMILES string of the molecule is O=C(Nc1cc([N+](=O)[O-])ccc1Cl)C(=O)NC12CC3CC(CC(C3)C1)C2. The highest BCUT2D eigenvalue weighted by Gasteiger charge is 2.51. The molecule has 1 aromatic carbocycles. The van der Waals surface area contributed by atoms with E-state index in [2.05, 4.69) is 10.6 Å². The number of hydrogen-bond acceptors (Lipinski definition) is 4. The number of non-ortho nitro benzene ring substituents is 1. The van der Waals surface area contributed by atoms with E-state index in [9.17, 15) is 19.7 Å². The highest BCUT2D eigenvalue weighted by Crippen LogP contribution is 2.55. The van der Waals surface area contributed by atoms with Gasteiger partial charge in [-0.25, -0.2) is 0 Å². The predicted molar refractivity (Wildman–Crippen MR) is 95.8 cm³/mol. The van der Waals surface area contributed by atoms with Gasteiger partial charge in [-0.05, 0) is 62.3 Å². The van der Waals surface area contributed by atoms with Crippen molar-refractivity contribution in [1.82, 2.24) is 5.32 Å². The summed E-state index contributed by atoms with van der Waals surface area (Å²) in [6, 6.07) is 3.72. The van der Waals surface area contributed by atoms with Crippen molar-refractivity contribution in [3.63, 3.8) is 0 Å². The molecule has 26 heavy (non-hydrogen) atoms. The first-order valence-electron chi connectivity index (χ1n) is 8.91. The number of carbonyl (C=O) groups excluding carboxylic acids is 2. The zero-order chi connectivity index (χ0) is 18.5. The number of hydrogen-bond donors (Lipinski definition) is 2. The molecule has 8 heteroatoms. The van der Waals surface area contributed by atoms with Gasteiger partial charge in [0, 0.05) is 17.7 Å². The molecule has 7 nitrogen and oxygen atoms in total. The third kappa shape index (κ3) is 3.16. The molecule has 0 atom stereocenters. The first-order valence-corrected chi connectivity index (χ1v) is 9.29. The quantitative estimate of drug-likeness (QED) is 0.479. The standard InChI is InChI=1S/C18H20ClN3O4/c19-14-2-1-13(22(25)26)6-15(14)20-16(23)17(24)21-18-7-10-3-11(8-18)5-12(4-10)9-18/h1-2,6,10-12H,3-5,7-9H2,(H,20,23)(H,21,24). The van der Waals surface area contributed by atoms with Gasteiger partial charge in [0.05, 0.1) is 15.6 Å². The van der Waals surface area contributed by atoms with E-state index >= 15 is 0 Å². The van der Waals surface area contributed by atoms with Crippen LogP contribution in [0.25, 0.3) is 0 Å². The van der Waals surface area contributed by atoms with Gasteiger partial charge in [-0.15, -0.1) is 0 Å². The van der Waals surface area contributed by atoms with E-state index in [1.165, 1.54) is 31.4 Å². The molecule has 0 saturated heterocycles. The summed E-state index contributed by atoms with van der Waals surface area (Å²) in [6.07, 6.45) is 6.54. The van der Waals surface area contributed by atoms with E-state index in [4.69, 9.17) is 11.6 Å². The molecule has 4 saturated carbocycles. The van der Waals surface area contributed by atoms with Gasteiger partial charge in [0.25, 0.3) is 5.69 Å². The lowest BCUT2D eigenvalue weighted by Crippen LogP contribution is -2.61. The van der Waals surface area contributed by atoms with Crippen LogP contribution >= 0.6 is 11.6 Å². The molecule has 2 amide bonds. The van der Waals surface area contributed by atoms with E-state index in [-0.39, 0.29) is 21.9 Å². The number of nitro groups is 1. The first kappa shape index (κ1) is 17.3. The summed E-state index contributed by atoms with van der Waals surface area (Å²) < 4.78 is 0. The van der Waals surface area contributed by atoms with Crippen LogP contribution < -0.4 is 10.6 Å². The molecule has 0 spiro atoms. The highest BCUT2D eigenvalue weighted by molar-refractivity contribution is 6.41. The molecular formula is C18H20ClN3O4. The zero-order valence-electron chi connectivity index (χ0n) is 14.2. The van der Waals surface area contributed by atoms with Crippen LogP contribution in [0, 0.1) is 27.9 Å². The first-order chi connectivity index (χ1) is 12.3. The monoisotopic (exact) mass is 377 g/mol. The number of carbonyl (C=O) groups is 2. The number of anilines is 1. The lowest BCUT2D eigenvalue weighted by Gasteiger charge is -2.56. The summed E-state index contributed by atoms with van der Waals surface area (Å²) >= 11 is 5.98. The molecule has 4 fully saturated rings. The van der Waals surface area contributed by atoms with E-state index in [0.717, 1.165) is 25.3 Å². The minimum atomic E-state index is -0.844. The van der Waals surface area contributed by atoms with Gasteiger partial charge in [-0.3, -0.25) is 19.7 Å². The van der Waals surface area contributed by atoms with Crippen molar-refractivity contribution in [3.8, 4) is 0 Å². The Morgan fingerprint density at radius 1 is 1.08 bits per heavy atom. The topological polar surface area (TPSA) is 101 Å². The molecule has 4 bridgehead atoms. The highest BCUT2D eigenvalue weighted by atomic mass is 35.5. The van der Waals surface area contributed by atoms with Crippen LogP contribution in [0.2, 0.25) is 5.02 Å². The number of nitro benzene ring substituents is 1. The molecule has 2 N–H and O–H groups in total. The Hall–Kier alpha value is -2.15. The Balaban J connectivity index is 1.45. The van der Waals surface area contributed by atoms with Crippen molar-refractivity contribution in [2.24, 2.45) is 17.8 Å². The van der Waals surface area contributed by atoms with Crippen LogP contribution in [0.5, 0.6) is 0 Å². The van der Waals surface area contributed by atoms with E-state index < -0.39 is 16.7 Å². The molecular weight excluding hydrogens is 358 g/mol. The second kappa shape index (κ2) is 6.23. The molecule has 138 valence electrons. The molecule has 4 aliphatic rings. The van der Waals surface area contributed by atoms with Crippen molar-refractivity contribution in [2.45, 2.75) is 44.1 Å². The average molecular weight is 378 g/mol. The molecule has 1 aromatic rings. The van der Waals surface area contributed by atoms with Crippen molar-refractivity contribution < 1.29 is 14.5 Å². The summed E-state index contributed by atoms with van der Waals surface area (Å²) in [6.45, 7) is 0. The van der Waals surface area contributed by atoms with E-state index in [0.29, 0.717) is 17.8 Å². The number of benzene rings is 1. The Morgan fingerprint density at radius 3 is 2.19 bits per heavy atom.